The van der Waals surface area contributed by atoms with Crippen molar-refractivity contribution in [3.8, 4) is 5.69 Å². The molecule has 0 unspecified atom stereocenters. The summed E-state index contributed by atoms with van der Waals surface area (Å²) in [6.45, 7) is 5.69. The SMILES string of the molecule is Cc1cc(/C=C2/SC(=Nc3ccccc3)N(C3CCCC3)C2=O)c(C)n1-c1ccc(N2CCCCC2)c([N+](=O)[O-])c1. The summed E-state index contributed by atoms with van der Waals surface area (Å²) >= 11 is 1.43. The van der Waals surface area contributed by atoms with E-state index < -0.39 is 0 Å². The van der Waals surface area contributed by atoms with Gasteiger partial charge in [-0.2, -0.15) is 0 Å². The maximum Gasteiger partial charge on any atom is 0.294 e. The molecular weight excluding hydrogens is 534 g/mol. The Labute approximate surface area is 244 Å². The molecule has 1 saturated carbocycles. The number of aryl methyl sites for hydroxylation is 1. The molecule has 1 amide bonds. The zero-order valence-corrected chi connectivity index (χ0v) is 24.4. The fraction of sp³-hybridized carbons (Fsp3) is 0.375. The lowest BCUT2D eigenvalue weighted by atomic mass is 10.1. The summed E-state index contributed by atoms with van der Waals surface area (Å²) in [4.78, 5) is 35.1. The number of benzene rings is 2. The van der Waals surface area contributed by atoms with E-state index in [-0.39, 0.29) is 22.6 Å². The zero-order chi connectivity index (χ0) is 28.5. The Balaban J connectivity index is 1.35. The number of amides is 1. The molecule has 0 spiro atoms. The minimum atomic E-state index is -0.274. The maximum absolute atomic E-state index is 13.7. The highest BCUT2D eigenvalue weighted by molar-refractivity contribution is 8.18. The molecule has 0 N–H and O–H groups in total. The summed E-state index contributed by atoms with van der Waals surface area (Å²) in [5.74, 6) is 0.00269. The van der Waals surface area contributed by atoms with Gasteiger partial charge in [-0.25, -0.2) is 4.99 Å². The second kappa shape index (κ2) is 11.6. The van der Waals surface area contributed by atoms with E-state index >= 15 is 0 Å². The van der Waals surface area contributed by atoms with E-state index in [4.69, 9.17) is 4.99 Å². The molecule has 9 heteroatoms. The second-order valence-corrected chi connectivity index (χ2v) is 12.1. The molecule has 212 valence electrons. The molecule has 0 bridgehead atoms. The lowest BCUT2D eigenvalue weighted by molar-refractivity contribution is -0.384. The number of nitro groups is 1. The van der Waals surface area contributed by atoms with Crippen LogP contribution in [0.2, 0.25) is 0 Å². The van der Waals surface area contributed by atoms with Crippen LogP contribution in [-0.2, 0) is 4.79 Å². The van der Waals surface area contributed by atoms with Gasteiger partial charge in [0, 0.05) is 36.6 Å². The van der Waals surface area contributed by atoms with Crippen LogP contribution in [0.25, 0.3) is 11.8 Å². The predicted molar refractivity (Wildman–Crippen MR) is 166 cm³/mol. The summed E-state index contributed by atoms with van der Waals surface area (Å²) in [6, 6.07) is 17.5. The molecule has 3 heterocycles. The summed E-state index contributed by atoms with van der Waals surface area (Å²) < 4.78 is 2.04. The van der Waals surface area contributed by atoms with Gasteiger partial charge in [0.2, 0.25) is 0 Å². The molecule has 2 saturated heterocycles. The van der Waals surface area contributed by atoms with E-state index in [0.29, 0.717) is 10.6 Å². The zero-order valence-electron chi connectivity index (χ0n) is 23.6. The van der Waals surface area contributed by atoms with Gasteiger partial charge in [0.15, 0.2) is 5.17 Å². The molecule has 6 rings (SSSR count). The fourth-order valence-corrected chi connectivity index (χ4v) is 7.38. The van der Waals surface area contributed by atoms with Crippen LogP contribution in [0.5, 0.6) is 0 Å². The summed E-state index contributed by atoms with van der Waals surface area (Å²) in [6.07, 6.45) is 9.47. The summed E-state index contributed by atoms with van der Waals surface area (Å²) in [5.41, 5.74) is 5.22. The number of carbonyl (C=O) groups excluding carboxylic acids is 1. The highest BCUT2D eigenvalue weighted by Gasteiger charge is 2.39. The molecule has 0 atom stereocenters. The molecule has 2 aromatic carbocycles. The topological polar surface area (TPSA) is 84.0 Å². The average Bonchev–Trinajstić information content (AvgIpc) is 3.68. The van der Waals surface area contributed by atoms with Crippen LogP contribution in [0.1, 0.15) is 61.9 Å². The van der Waals surface area contributed by atoms with Crippen LogP contribution in [0.15, 0.2) is 64.5 Å². The normalized spacial score (nSPS) is 20.1. The number of rotatable bonds is 6. The third-order valence-electron chi connectivity index (χ3n) is 8.38. The van der Waals surface area contributed by atoms with E-state index in [9.17, 15) is 14.9 Å². The average molecular weight is 570 g/mol. The lowest BCUT2D eigenvalue weighted by Crippen LogP contribution is -2.37. The Bertz CT molecular complexity index is 1530. The highest BCUT2D eigenvalue weighted by Crippen LogP contribution is 2.40. The van der Waals surface area contributed by atoms with E-state index in [2.05, 4.69) is 4.90 Å². The Hall–Kier alpha value is -3.85. The Kier molecular flexibility index (Phi) is 7.71. The van der Waals surface area contributed by atoms with Crippen molar-refractivity contribution in [1.82, 2.24) is 9.47 Å². The lowest BCUT2D eigenvalue weighted by Gasteiger charge is -2.28. The molecular formula is C32H35N5O3S. The van der Waals surface area contributed by atoms with Gasteiger partial charge in [-0.15, -0.1) is 0 Å². The molecule has 0 radical (unpaired) electrons. The molecule has 8 nitrogen and oxygen atoms in total. The van der Waals surface area contributed by atoms with Gasteiger partial charge in [0.25, 0.3) is 11.6 Å². The van der Waals surface area contributed by atoms with Gasteiger partial charge in [0.05, 0.1) is 21.2 Å². The van der Waals surface area contributed by atoms with Gasteiger partial charge in [-0.3, -0.25) is 19.8 Å². The molecule has 3 aromatic rings. The van der Waals surface area contributed by atoms with Gasteiger partial charge in [0.1, 0.15) is 5.69 Å². The molecule has 2 aliphatic heterocycles. The molecule has 1 aliphatic carbocycles. The van der Waals surface area contributed by atoms with Gasteiger partial charge in [-0.05, 0) is 99.7 Å². The van der Waals surface area contributed by atoms with Crippen molar-refractivity contribution in [2.75, 3.05) is 18.0 Å². The first-order chi connectivity index (χ1) is 19.9. The number of para-hydroxylation sites is 1. The first-order valence-electron chi connectivity index (χ1n) is 14.5. The second-order valence-electron chi connectivity index (χ2n) is 11.1. The van der Waals surface area contributed by atoms with E-state index in [0.717, 1.165) is 85.1 Å². The first-order valence-corrected chi connectivity index (χ1v) is 15.3. The van der Waals surface area contributed by atoms with Crippen molar-refractivity contribution in [3.63, 3.8) is 0 Å². The molecule has 3 aliphatic rings. The van der Waals surface area contributed by atoms with Crippen molar-refractivity contribution < 1.29 is 9.72 Å². The number of piperidine rings is 1. The maximum atomic E-state index is 13.7. The van der Waals surface area contributed by atoms with Crippen LogP contribution in [-0.4, -0.2) is 44.6 Å². The number of hydrogen-bond donors (Lipinski definition) is 0. The third-order valence-corrected chi connectivity index (χ3v) is 9.36. The predicted octanol–water partition coefficient (Wildman–Crippen LogP) is 7.54. The number of nitrogens with zero attached hydrogens (tertiary/aromatic N) is 5. The smallest absolute Gasteiger partial charge is 0.294 e. The van der Waals surface area contributed by atoms with Crippen LogP contribution in [0.3, 0.4) is 0 Å². The minimum Gasteiger partial charge on any atom is -0.366 e. The van der Waals surface area contributed by atoms with E-state index in [1.54, 1.807) is 6.07 Å². The monoisotopic (exact) mass is 569 g/mol. The van der Waals surface area contributed by atoms with E-state index in [1.165, 1.54) is 18.2 Å². The number of carbonyl (C=O) groups is 1. The number of aliphatic imine (C=N–C) groups is 1. The van der Waals surface area contributed by atoms with Gasteiger partial charge < -0.3 is 9.47 Å². The number of thioether (sulfide) groups is 1. The fourth-order valence-electron chi connectivity index (χ4n) is 6.33. The van der Waals surface area contributed by atoms with Crippen LogP contribution >= 0.6 is 11.8 Å². The molecule has 3 fully saturated rings. The van der Waals surface area contributed by atoms with Crippen LogP contribution in [0.4, 0.5) is 17.1 Å². The third kappa shape index (κ3) is 5.43. The standard InChI is InChI=1S/C32H35N5O3S/c1-22-19-24(23(2)35(22)27-15-16-28(29(21-27)37(39)40)34-17-9-4-10-18-34)20-30-31(38)36(26-13-7-8-14-26)32(41-30)33-25-11-5-3-6-12-25/h3,5-6,11-12,15-16,19-21,26H,4,7-10,13-14,17-18H2,1-2H3/b30-20+,33-32?. The van der Waals surface area contributed by atoms with Crippen molar-refractivity contribution in [1.29, 1.82) is 0 Å². The Morgan fingerprint density at radius 1 is 0.976 bits per heavy atom. The van der Waals surface area contributed by atoms with Crippen molar-refractivity contribution >= 4 is 46.0 Å². The number of anilines is 1. The van der Waals surface area contributed by atoms with Crippen molar-refractivity contribution in [2.45, 2.75) is 64.8 Å². The summed E-state index contributed by atoms with van der Waals surface area (Å²) in [7, 11) is 0. The number of hydrogen-bond acceptors (Lipinski definition) is 6. The number of amidine groups is 1. The molecule has 41 heavy (non-hydrogen) atoms. The Morgan fingerprint density at radius 2 is 1.71 bits per heavy atom. The number of nitro benzene ring substituents is 1. The quantitative estimate of drug-likeness (QED) is 0.174. The summed E-state index contributed by atoms with van der Waals surface area (Å²) in [5, 5.41) is 12.8. The van der Waals surface area contributed by atoms with Crippen molar-refractivity contribution in [2.24, 2.45) is 4.99 Å². The number of aromatic nitrogens is 1. The van der Waals surface area contributed by atoms with Crippen LogP contribution in [0, 0.1) is 24.0 Å². The van der Waals surface area contributed by atoms with Gasteiger partial charge in [-0.1, -0.05) is 31.0 Å². The van der Waals surface area contributed by atoms with Crippen LogP contribution < -0.4 is 4.90 Å². The Morgan fingerprint density at radius 3 is 2.41 bits per heavy atom. The minimum absolute atomic E-state index is 0.00269. The van der Waals surface area contributed by atoms with E-state index in [1.807, 2.05) is 77.9 Å². The first kappa shape index (κ1) is 27.3. The van der Waals surface area contributed by atoms with Crippen molar-refractivity contribution in [3.05, 3.63) is 86.6 Å². The largest absolute Gasteiger partial charge is 0.366 e. The highest BCUT2D eigenvalue weighted by atomic mass is 32.2. The van der Waals surface area contributed by atoms with Gasteiger partial charge >= 0.3 is 0 Å². The molecule has 1 aromatic heterocycles.